The highest BCUT2D eigenvalue weighted by Gasteiger charge is 2.04. The first kappa shape index (κ1) is 12.6. The van der Waals surface area contributed by atoms with Gasteiger partial charge in [0.25, 0.3) is 0 Å². The number of nitrogens with one attached hydrogen (secondary N) is 1. The van der Waals surface area contributed by atoms with Crippen molar-refractivity contribution in [3.05, 3.63) is 63.1 Å². The van der Waals surface area contributed by atoms with Gasteiger partial charge < -0.3 is 5.32 Å². The molecule has 0 aliphatic heterocycles. The van der Waals surface area contributed by atoms with E-state index in [0.717, 1.165) is 16.3 Å². The van der Waals surface area contributed by atoms with Crippen molar-refractivity contribution in [3.8, 4) is 0 Å². The molecule has 0 aliphatic rings. The van der Waals surface area contributed by atoms with E-state index in [9.17, 15) is 0 Å². The molecule has 4 heteroatoms. The zero-order chi connectivity index (χ0) is 12.3. The van der Waals surface area contributed by atoms with Gasteiger partial charge in [0.15, 0.2) is 0 Å². The number of halogens is 3. The molecule has 0 radical (unpaired) electrons. The molecular weight excluding hydrogens is 277 g/mol. The first-order chi connectivity index (χ1) is 8.16. The minimum absolute atomic E-state index is 0.617. The van der Waals surface area contributed by atoms with E-state index in [0.29, 0.717) is 16.6 Å². The Labute approximate surface area is 115 Å². The summed E-state index contributed by atoms with van der Waals surface area (Å²) in [6.45, 7) is 0.653. The Kier molecular flexibility index (Phi) is 4.16. The van der Waals surface area contributed by atoms with E-state index in [2.05, 4.69) is 5.32 Å². The van der Waals surface area contributed by atoms with E-state index in [-0.39, 0.29) is 0 Å². The van der Waals surface area contributed by atoms with Gasteiger partial charge in [-0.15, -0.1) is 0 Å². The van der Waals surface area contributed by atoms with Crippen LogP contribution < -0.4 is 5.32 Å². The molecule has 2 rings (SSSR count). The Morgan fingerprint density at radius 2 is 1.41 bits per heavy atom. The van der Waals surface area contributed by atoms with Crippen LogP contribution in [0.1, 0.15) is 5.56 Å². The Bertz CT molecular complexity index is 488. The summed E-state index contributed by atoms with van der Waals surface area (Å²) in [5, 5.41) is 5.17. The second-order valence-electron chi connectivity index (χ2n) is 3.58. The molecule has 0 unspecified atom stereocenters. The maximum Gasteiger partial charge on any atom is 0.0721 e. The van der Waals surface area contributed by atoms with Gasteiger partial charge in [-0.05, 0) is 29.8 Å². The summed E-state index contributed by atoms with van der Waals surface area (Å²) in [4.78, 5) is 0. The molecule has 2 aromatic rings. The Morgan fingerprint density at radius 3 is 2.00 bits per heavy atom. The molecule has 0 spiro atoms. The van der Waals surface area contributed by atoms with Gasteiger partial charge in [-0.25, -0.2) is 0 Å². The summed E-state index contributed by atoms with van der Waals surface area (Å²) >= 11 is 17.9. The SMILES string of the molecule is Clc1ccc(CNc2c(Cl)cccc2Cl)cc1. The fourth-order valence-corrected chi connectivity index (χ4v) is 2.12. The predicted molar refractivity (Wildman–Crippen MR) is 75.2 cm³/mol. The molecule has 0 fully saturated rings. The molecule has 0 bridgehead atoms. The standard InChI is InChI=1S/C13H10Cl3N/c14-10-6-4-9(5-7-10)8-17-13-11(15)2-1-3-12(13)16/h1-7,17H,8H2. The lowest BCUT2D eigenvalue weighted by molar-refractivity contribution is 1.15. The fraction of sp³-hybridized carbons (Fsp3) is 0.0769. The van der Waals surface area contributed by atoms with Crippen molar-refractivity contribution in [1.82, 2.24) is 0 Å². The monoisotopic (exact) mass is 285 g/mol. The van der Waals surface area contributed by atoms with Crippen LogP contribution in [-0.2, 0) is 6.54 Å². The van der Waals surface area contributed by atoms with Crippen molar-refractivity contribution in [2.24, 2.45) is 0 Å². The van der Waals surface area contributed by atoms with Crippen LogP contribution in [0.2, 0.25) is 15.1 Å². The molecule has 2 aromatic carbocycles. The number of hydrogen-bond donors (Lipinski definition) is 1. The van der Waals surface area contributed by atoms with E-state index < -0.39 is 0 Å². The van der Waals surface area contributed by atoms with Gasteiger partial charge in [0, 0.05) is 11.6 Å². The zero-order valence-corrected chi connectivity index (χ0v) is 11.2. The van der Waals surface area contributed by atoms with Crippen molar-refractivity contribution in [2.75, 3.05) is 5.32 Å². The molecule has 17 heavy (non-hydrogen) atoms. The van der Waals surface area contributed by atoms with E-state index in [1.54, 1.807) is 12.1 Å². The quantitative estimate of drug-likeness (QED) is 0.811. The highest BCUT2D eigenvalue weighted by Crippen LogP contribution is 2.30. The number of hydrogen-bond acceptors (Lipinski definition) is 1. The minimum Gasteiger partial charge on any atom is -0.379 e. The van der Waals surface area contributed by atoms with E-state index in [1.807, 2.05) is 30.3 Å². The first-order valence-electron chi connectivity index (χ1n) is 5.09. The lowest BCUT2D eigenvalue weighted by Gasteiger charge is -2.10. The van der Waals surface area contributed by atoms with Gasteiger partial charge in [-0.1, -0.05) is 53.0 Å². The van der Waals surface area contributed by atoms with Crippen molar-refractivity contribution < 1.29 is 0 Å². The van der Waals surface area contributed by atoms with Crippen LogP contribution in [-0.4, -0.2) is 0 Å². The summed E-state index contributed by atoms with van der Waals surface area (Å²) in [5.74, 6) is 0. The first-order valence-corrected chi connectivity index (χ1v) is 6.22. The van der Waals surface area contributed by atoms with Gasteiger partial charge >= 0.3 is 0 Å². The summed E-state index contributed by atoms with van der Waals surface area (Å²) in [6, 6.07) is 13.0. The van der Waals surface area contributed by atoms with E-state index in [4.69, 9.17) is 34.8 Å². The van der Waals surface area contributed by atoms with Crippen LogP contribution in [0.3, 0.4) is 0 Å². The molecule has 1 N–H and O–H groups in total. The summed E-state index contributed by atoms with van der Waals surface area (Å²) in [7, 11) is 0. The van der Waals surface area contributed by atoms with Crippen LogP contribution in [0, 0.1) is 0 Å². The molecule has 0 atom stereocenters. The molecule has 0 saturated carbocycles. The summed E-state index contributed by atoms with van der Waals surface area (Å²) < 4.78 is 0. The second-order valence-corrected chi connectivity index (χ2v) is 4.83. The molecule has 0 amide bonds. The average Bonchev–Trinajstić information content (AvgIpc) is 2.31. The average molecular weight is 287 g/mol. The van der Waals surface area contributed by atoms with Crippen molar-refractivity contribution in [2.45, 2.75) is 6.54 Å². The van der Waals surface area contributed by atoms with E-state index >= 15 is 0 Å². The van der Waals surface area contributed by atoms with Crippen LogP contribution in [0.15, 0.2) is 42.5 Å². The smallest absolute Gasteiger partial charge is 0.0721 e. The van der Waals surface area contributed by atoms with Crippen LogP contribution in [0.25, 0.3) is 0 Å². The summed E-state index contributed by atoms with van der Waals surface area (Å²) in [5.41, 5.74) is 1.87. The largest absolute Gasteiger partial charge is 0.379 e. The van der Waals surface area contributed by atoms with Crippen LogP contribution in [0.4, 0.5) is 5.69 Å². The molecular formula is C13H10Cl3N. The third kappa shape index (κ3) is 3.29. The number of anilines is 1. The van der Waals surface area contributed by atoms with Gasteiger partial charge in [0.1, 0.15) is 0 Å². The Hall–Kier alpha value is -0.890. The van der Waals surface area contributed by atoms with Gasteiger partial charge in [0.2, 0.25) is 0 Å². The van der Waals surface area contributed by atoms with Crippen molar-refractivity contribution in [3.63, 3.8) is 0 Å². The van der Waals surface area contributed by atoms with E-state index in [1.165, 1.54) is 0 Å². The lowest BCUT2D eigenvalue weighted by atomic mass is 10.2. The van der Waals surface area contributed by atoms with Crippen LogP contribution in [0.5, 0.6) is 0 Å². The number of benzene rings is 2. The second kappa shape index (κ2) is 5.63. The minimum atomic E-state index is 0.617. The Balaban J connectivity index is 2.10. The highest BCUT2D eigenvalue weighted by atomic mass is 35.5. The van der Waals surface area contributed by atoms with Gasteiger partial charge in [-0.2, -0.15) is 0 Å². The molecule has 0 aromatic heterocycles. The number of rotatable bonds is 3. The highest BCUT2D eigenvalue weighted by molar-refractivity contribution is 6.39. The fourth-order valence-electron chi connectivity index (χ4n) is 1.46. The Morgan fingerprint density at radius 1 is 0.824 bits per heavy atom. The van der Waals surface area contributed by atoms with Crippen molar-refractivity contribution in [1.29, 1.82) is 0 Å². The maximum absolute atomic E-state index is 6.05. The normalized spacial score (nSPS) is 10.3. The molecule has 0 saturated heterocycles. The van der Waals surface area contributed by atoms with Gasteiger partial charge in [-0.3, -0.25) is 0 Å². The van der Waals surface area contributed by atoms with Crippen LogP contribution >= 0.6 is 34.8 Å². The van der Waals surface area contributed by atoms with Gasteiger partial charge in [0.05, 0.1) is 15.7 Å². The molecule has 0 heterocycles. The predicted octanol–water partition coefficient (Wildman–Crippen LogP) is 5.26. The zero-order valence-electron chi connectivity index (χ0n) is 8.88. The molecule has 88 valence electrons. The topological polar surface area (TPSA) is 12.0 Å². The maximum atomic E-state index is 6.05. The molecule has 1 nitrogen and oxygen atoms in total. The summed E-state index contributed by atoms with van der Waals surface area (Å²) in [6.07, 6.45) is 0. The lowest BCUT2D eigenvalue weighted by Crippen LogP contribution is -2.00. The third-order valence-electron chi connectivity index (χ3n) is 2.35. The third-order valence-corrected chi connectivity index (χ3v) is 3.23. The van der Waals surface area contributed by atoms with Crippen molar-refractivity contribution >= 4 is 40.5 Å². The number of para-hydroxylation sites is 1. The molecule has 0 aliphatic carbocycles.